The van der Waals surface area contributed by atoms with Gasteiger partial charge in [0.15, 0.2) is 11.6 Å². The van der Waals surface area contributed by atoms with Gasteiger partial charge in [0.1, 0.15) is 5.82 Å². The minimum Gasteiger partial charge on any atom is -0.381 e. The van der Waals surface area contributed by atoms with Crippen LogP contribution in [0.3, 0.4) is 0 Å². The molecule has 0 aliphatic heterocycles. The van der Waals surface area contributed by atoms with Gasteiger partial charge in [0.25, 0.3) is 5.91 Å². The summed E-state index contributed by atoms with van der Waals surface area (Å²) >= 11 is 0. The summed E-state index contributed by atoms with van der Waals surface area (Å²) in [6, 6.07) is 5.06. The van der Waals surface area contributed by atoms with E-state index >= 15 is 0 Å². The SMILES string of the molecule is C=C(NC1CCCCC1)C(F)(F)c1cc(C(=O)Nc2ccc(F)c(F)c2)ccc1F. The molecule has 0 unspecified atom stereocenters. The largest absolute Gasteiger partial charge is 0.381 e. The molecule has 1 aliphatic carbocycles. The highest BCUT2D eigenvalue weighted by Crippen LogP contribution is 2.36. The van der Waals surface area contributed by atoms with Crippen molar-refractivity contribution in [2.24, 2.45) is 0 Å². The van der Waals surface area contributed by atoms with Gasteiger partial charge < -0.3 is 10.6 Å². The number of anilines is 1. The molecule has 1 aliphatic rings. The lowest BCUT2D eigenvalue weighted by atomic mass is 9.94. The van der Waals surface area contributed by atoms with Crippen LogP contribution in [0.5, 0.6) is 0 Å². The molecule has 1 saturated carbocycles. The van der Waals surface area contributed by atoms with E-state index in [4.69, 9.17) is 0 Å². The van der Waals surface area contributed by atoms with E-state index in [1.54, 1.807) is 0 Å². The fourth-order valence-electron chi connectivity index (χ4n) is 3.43. The van der Waals surface area contributed by atoms with Crippen LogP contribution < -0.4 is 10.6 Å². The van der Waals surface area contributed by atoms with E-state index in [0.717, 1.165) is 68.5 Å². The smallest absolute Gasteiger partial charge is 0.314 e. The van der Waals surface area contributed by atoms with Gasteiger partial charge in [0.2, 0.25) is 0 Å². The second-order valence-corrected chi connectivity index (χ2v) is 7.31. The molecule has 0 heterocycles. The second kappa shape index (κ2) is 8.85. The molecule has 8 heteroatoms. The number of allylic oxidation sites excluding steroid dienone is 1. The highest BCUT2D eigenvalue weighted by Gasteiger charge is 2.39. The fraction of sp³-hybridized carbons (Fsp3) is 0.318. The van der Waals surface area contributed by atoms with Crippen LogP contribution in [0.1, 0.15) is 48.0 Å². The first-order valence-corrected chi connectivity index (χ1v) is 9.58. The zero-order chi connectivity index (χ0) is 21.9. The van der Waals surface area contributed by atoms with Gasteiger partial charge in [-0.3, -0.25) is 4.79 Å². The van der Waals surface area contributed by atoms with Crippen LogP contribution in [0.25, 0.3) is 0 Å². The van der Waals surface area contributed by atoms with Crippen molar-refractivity contribution in [3.05, 3.63) is 77.3 Å². The van der Waals surface area contributed by atoms with Gasteiger partial charge in [-0.15, -0.1) is 0 Å². The Morgan fingerprint density at radius 2 is 1.60 bits per heavy atom. The normalized spacial score (nSPS) is 15.0. The van der Waals surface area contributed by atoms with Gasteiger partial charge >= 0.3 is 5.92 Å². The van der Waals surface area contributed by atoms with Gasteiger partial charge in [-0.25, -0.2) is 13.2 Å². The maximum absolute atomic E-state index is 14.9. The van der Waals surface area contributed by atoms with Crippen LogP contribution in [0.4, 0.5) is 27.6 Å². The quantitative estimate of drug-likeness (QED) is 0.569. The number of nitrogens with one attached hydrogen (secondary N) is 2. The minimum absolute atomic E-state index is 0.0695. The van der Waals surface area contributed by atoms with Gasteiger partial charge in [0, 0.05) is 23.4 Å². The molecular weight excluding hydrogens is 403 g/mol. The number of hydrogen-bond donors (Lipinski definition) is 2. The Hall–Kier alpha value is -2.90. The molecule has 2 aromatic carbocycles. The third-order valence-electron chi connectivity index (χ3n) is 5.11. The van der Waals surface area contributed by atoms with Gasteiger partial charge in [0.05, 0.1) is 11.3 Å². The minimum atomic E-state index is -3.75. The van der Waals surface area contributed by atoms with E-state index in [2.05, 4.69) is 17.2 Å². The lowest BCUT2D eigenvalue weighted by molar-refractivity contribution is 0.0244. The zero-order valence-corrected chi connectivity index (χ0v) is 16.1. The Kier molecular flexibility index (Phi) is 6.43. The molecule has 0 saturated heterocycles. The first kappa shape index (κ1) is 21.8. The summed E-state index contributed by atoms with van der Waals surface area (Å²) in [5, 5.41) is 4.96. The summed E-state index contributed by atoms with van der Waals surface area (Å²) in [5.74, 6) is -8.08. The Morgan fingerprint density at radius 1 is 0.933 bits per heavy atom. The van der Waals surface area contributed by atoms with Crippen LogP contribution in [-0.4, -0.2) is 11.9 Å². The lowest BCUT2D eigenvalue weighted by Gasteiger charge is -2.29. The number of carbonyl (C=O) groups excluding carboxylic acids is 1. The second-order valence-electron chi connectivity index (χ2n) is 7.31. The molecule has 2 aromatic rings. The molecule has 1 fully saturated rings. The predicted molar refractivity (Wildman–Crippen MR) is 104 cm³/mol. The van der Waals surface area contributed by atoms with E-state index in [9.17, 15) is 26.7 Å². The van der Waals surface area contributed by atoms with Gasteiger partial charge in [-0.2, -0.15) is 8.78 Å². The van der Waals surface area contributed by atoms with Crippen molar-refractivity contribution in [1.29, 1.82) is 0 Å². The number of hydrogen-bond acceptors (Lipinski definition) is 2. The average molecular weight is 424 g/mol. The Bertz CT molecular complexity index is 955. The van der Waals surface area contributed by atoms with E-state index in [-0.39, 0.29) is 17.3 Å². The summed E-state index contributed by atoms with van der Waals surface area (Å²) in [5.41, 5.74) is -1.96. The molecule has 1 amide bonds. The Morgan fingerprint density at radius 3 is 2.27 bits per heavy atom. The highest BCUT2D eigenvalue weighted by atomic mass is 19.3. The molecular formula is C22H21F5N2O. The van der Waals surface area contributed by atoms with Crippen molar-refractivity contribution in [2.75, 3.05) is 5.32 Å². The summed E-state index contributed by atoms with van der Waals surface area (Å²) in [4.78, 5) is 12.4. The van der Waals surface area contributed by atoms with Crippen LogP contribution in [0.2, 0.25) is 0 Å². The molecule has 0 bridgehead atoms. The number of halogens is 5. The van der Waals surface area contributed by atoms with Crippen LogP contribution in [-0.2, 0) is 5.92 Å². The van der Waals surface area contributed by atoms with E-state index < -0.39 is 40.5 Å². The number of rotatable bonds is 6. The Balaban J connectivity index is 1.79. The fourth-order valence-corrected chi connectivity index (χ4v) is 3.43. The number of benzene rings is 2. The third-order valence-corrected chi connectivity index (χ3v) is 5.11. The van der Waals surface area contributed by atoms with E-state index in [1.165, 1.54) is 0 Å². The number of carbonyl (C=O) groups is 1. The van der Waals surface area contributed by atoms with Gasteiger partial charge in [-0.1, -0.05) is 25.8 Å². The molecule has 3 nitrogen and oxygen atoms in total. The molecule has 3 rings (SSSR count). The number of amides is 1. The number of alkyl halides is 2. The van der Waals surface area contributed by atoms with Crippen molar-refractivity contribution in [1.82, 2.24) is 5.32 Å². The zero-order valence-electron chi connectivity index (χ0n) is 16.1. The summed E-state index contributed by atoms with van der Waals surface area (Å²) in [6.45, 7) is 3.39. The highest BCUT2D eigenvalue weighted by molar-refractivity contribution is 6.04. The first-order chi connectivity index (χ1) is 14.2. The topological polar surface area (TPSA) is 41.1 Å². The average Bonchev–Trinajstić information content (AvgIpc) is 2.71. The Labute approximate surface area is 171 Å². The van der Waals surface area contributed by atoms with Crippen LogP contribution >= 0.6 is 0 Å². The molecule has 30 heavy (non-hydrogen) atoms. The van der Waals surface area contributed by atoms with Crippen LogP contribution in [0, 0.1) is 17.5 Å². The predicted octanol–water partition coefficient (Wildman–Crippen LogP) is 5.88. The monoisotopic (exact) mass is 424 g/mol. The summed E-state index contributed by atoms with van der Waals surface area (Å²) in [6.07, 6.45) is 4.35. The molecule has 0 radical (unpaired) electrons. The standard InChI is InChI=1S/C22H21F5N2O/c1-13(28-15-5-3-2-4-6-15)22(26,27)17-11-14(7-9-18(17)23)21(30)29-16-8-10-19(24)20(25)12-16/h7-12,15,28H,1-6H2,(H,29,30). The summed E-state index contributed by atoms with van der Waals surface area (Å²) < 4.78 is 70.3. The maximum atomic E-state index is 14.9. The van der Waals surface area contributed by atoms with Crippen molar-refractivity contribution in [2.45, 2.75) is 44.1 Å². The van der Waals surface area contributed by atoms with Crippen LogP contribution in [0.15, 0.2) is 48.7 Å². The molecule has 0 aromatic heterocycles. The molecule has 160 valence electrons. The van der Waals surface area contributed by atoms with E-state index in [1.807, 2.05) is 0 Å². The van der Waals surface area contributed by atoms with Gasteiger partial charge in [-0.05, 0) is 43.2 Å². The third kappa shape index (κ3) is 4.80. The molecule has 2 N–H and O–H groups in total. The maximum Gasteiger partial charge on any atom is 0.314 e. The van der Waals surface area contributed by atoms with Crippen molar-refractivity contribution >= 4 is 11.6 Å². The lowest BCUT2D eigenvalue weighted by Crippen LogP contribution is -2.36. The molecule has 0 spiro atoms. The first-order valence-electron chi connectivity index (χ1n) is 9.58. The van der Waals surface area contributed by atoms with Crippen molar-refractivity contribution < 1.29 is 26.7 Å². The van der Waals surface area contributed by atoms with E-state index in [0.29, 0.717) is 0 Å². The van der Waals surface area contributed by atoms with Crippen molar-refractivity contribution in [3.8, 4) is 0 Å². The molecule has 0 atom stereocenters. The summed E-state index contributed by atoms with van der Waals surface area (Å²) in [7, 11) is 0. The van der Waals surface area contributed by atoms with Crippen molar-refractivity contribution in [3.63, 3.8) is 0 Å².